The van der Waals surface area contributed by atoms with Gasteiger partial charge in [0.2, 0.25) is 0 Å². The van der Waals surface area contributed by atoms with Crippen molar-refractivity contribution in [1.82, 2.24) is 15.1 Å². The molecule has 2 aliphatic rings. The van der Waals surface area contributed by atoms with E-state index in [0.717, 1.165) is 19.0 Å². The van der Waals surface area contributed by atoms with Gasteiger partial charge in [-0.25, -0.2) is 0 Å². The standard InChI is InChI=1S/C14H23N3/c1-2-4-14(3-1)17-10-8-13(16-17)11-15-9-7-12-5-6-12/h8,10,12,14-15H,1-7,9,11H2. The van der Waals surface area contributed by atoms with Crippen molar-refractivity contribution in [2.45, 2.75) is 57.5 Å². The molecule has 0 saturated heterocycles. The van der Waals surface area contributed by atoms with E-state index in [1.807, 2.05) is 0 Å². The summed E-state index contributed by atoms with van der Waals surface area (Å²) in [6.07, 6.45) is 11.8. The highest BCUT2D eigenvalue weighted by Crippen LogP contribution is 2.31. The van der Waals surface area contributed by atoms with E-state index >= 15 is 0 Å². The van der Waals surface area contributed by atoms with Gasteiger partial charge in [-0.15, -0.1) is 0 Å². The molecule has 2 saturated carbocycles. The zero-order chi connectivity index (χ0) is 11.5. The van der Waals surface area contributed by atoms with Gasteiger partial charge >= 0.3 is 0 Å². The number of hydrogen-bond acceptors (Lipinski definition) is 2. The van der Waals surface area contributed by atoms with Gasteiger partial charge in [0.05, 0.1) is 11.7 Å². The van der Waals surface area contributed by atoms with Crippen LogP contribution in [0.3, 0.4) is 0 Å². The maximum Gasteiger partial charge on any atom is 0.0762 e. The van der Waals surface area contributed by atoms with E-state index in [9.17, 15) is 0 Å². The summed E-state index contributed by atoms with van der Waals surface area (Å²) in [6, 6.07) is 2.85. The largest absolute Gasteiger partial charge is 0.311 e. The van der Waals surface area contributed by atoms with Crippen LogP contribution in [0, 0.1) is 5.92 Å². The lowest BCUT2D eigenvalue weighted by Crippen LogP contribution is -2.16. The van der Waals surface area contributed by atoms with Gasteiger partial charge in [0.25, 0.3) is 0 Å². The van der Waals surface area contributed by atoms with Crippen LogP contribution in [0.1, 0.15) is 56.7 Å². The third kappa shape index (κ3) is 3.09. The average Bonchev–Trinajstić information content (AvgIpc) is 2.84. The normalized spacial score (nSPS) is 21.2. The Morgan fingerprint density at radius 1 is 1.24 bits per heavy atom. The minimum absolute atomic E-state index is 0.676. The fraction of sp³-hybridized carbons (Fsp3) is 0.786. The fourth-order valence-corrected chi connectivity index (χ4v) is 2.77. The Morgan fingerprint density at radius 3 is 2.82 bits per heavy atom. The van der Waals surface area contributed by atoms with Crippen LogP contribution in [-0.2, 0) is 6.54 Å². The summed E-state index contributed by atoms with van der Waals surface area (Å²) in [5.74, 6) is 1.03. The molecule has 1 heterocycles. The third-order valence-corrected chi connectivity index (χ3v) is 4.09. The first-order valence-electron chi connectivity index (χ1n) is 7.16. The van der Waals surface area contributed by atoms with E-state index in [1.165, 1.54) is 50.6 Å². The van der Waals surface area contributed by atoms with Gasteiger partial charge in [0.15, 0.2) is 0 Å². The Hall–Kier alpha value is -0.830. The molecule has 0 amide bonds. The molecular weight excluding hydrogens is 210 g/mol. The molecule has 0 spiro atoms. The highest BCUT2D eigenvalue weighted by atomic mass is 15.3. The van der Waals surface area contributed by atoms with Crippen LogP contribution in [0.2, 0.25) is 0 Å². The molecule has 0 bridgehead atoms. The molecule has 2 aliphatic carbocycles. The number of hydrogen-bond donors (Lipinski definition) is 1. The van der Waals surface area contributed by atoms with Crippen LogP contribution >= 0.6 is 0 Å². The van der Waals surface area contributed by atoms with Crippen molar-refractivity contribution in [3.8, 4) is 0 Å². The van der Waals surface area contributed by atoms with E-state index in [1.54, 1.807) is 0 Å². The van der Waals surface area contributed by atoms with Crippen molar-refractivity contribution >= 4 is 0 Å². The highest BCUT2D eigenvalue weighted by Gasteiger charge is 2.20. The lowest BCUT2D eigenvalue weighted by atomic mass is 10.3. The van der Waals surface area contributed by atoms with E-state index in [4.69, 9.17) is 0 Å². The van der Waals surface area contributed by atoms with Crippen molar-refractivity contribution in [1.29, 1.82) is 0 Å². The molecular formula is C14H23N3. The number of nitrogens with one attached hydrogen (secondary N) is 1. The molecule has 1 aromatic heterocycles. The Morgan fingerprint density at radius 2 is 2.06 bits per heavy atom. The Bertz CT molecular complexity index is 348. The summed E-state index contributed by atoms with van der Waals surface area (Å²) in [6.45, 7) is 2.09. The zero-order valence-electron chi connectivity index (χ0n) is 10.6. The van der Waals surface area contributed by atoms with Crippen molar-refractivity contribution in [3.05, 3.63) is 18.0 Å². The maximum absolute atomic E-state index is 4.68. The molecule has 94 valence electrons. The summed E-state index contributed by atoms with van der Waals surface area (Å²) >= 11 is 0. The van der Waals surface area contributed by atoms with E-state index in [-0.39, 0.29) is 0 Å². The van der Waals surface area contributed by atoms with Gasteiger partial charge in [-0.05, 0) is 37.8 Å². The summed E-state index contributed by atoms with van der Waals surface area (Å²) in [5.41, 5.74) is 1.20. The van der Waals surface area contributed by atoms with Crippen molar-refractivity contribution in [2.24, 2.45) is 5.92 Å². The number of rotatable bonds is 6. The van der Waals surface area contributed by atoms with Crippen LogP contribution in [0.5, 0.6) is 0 Å². The Kier molecular flexibility index (Phi) is 3.46. The van der Waals surface area contributed by atoms with Crippen LogP contribution in [0.15, 0.2) is 12.3 Å². The van der Waals surface area contributed by atoms with Gasteiger partial charge in [0.1, 0.15) is 0 Å². The number of aromatic nitrogens is 2. The predicted molar refractivity (Wildman–Crippen MR) is 68.8 cm³/mol. The lowest BCUT2D eigenvalue weighted by Gasteiger charge is -2.08. The molecule has 3 nitrogen and oxygen atoms in total. The molecule has 0 aliphatic heterocycles. The SMILES string of the molecule is c1cn(C2CCCC2)nc1CNCCC1CC1. The van der Waals surface area contributed by atoms with Crippen molar-refractivity contribution in [3.63, 3.8) is 0 Å². The maximum atomic E-state index is 4.68. The molecule has 17 heavy (non-hydrogen) atoms. The van der Waals surface area contributed by atoms with Gasteiger partial charge in [0, 0.05) is 12.7 Å². The predicted octanol–water partition coefficient (Wildman–Crippen LogP) is 2.89. The summed E-state index contributed by atoms with van der Waals surface area (Å²) < 4.78 is 2.19. The summed E-state index contributed by atoms with van der Waals surface area (Å²) in [5, 5.41) is 8.18. The molecule has 0 atom stereocenters. The summed E-state index contributed by atoms with van der Waals surface area (Å²) in [7, 11) is 0. The smallest absolute Gasteiger partial charge is 0.0762 e. The van der Waals surface area contributed by atoms with Gasteiger partial charge < -0.3 is 5.32 Å². The Balaban J connectivity index is 1.42. The van der Waals surface area contributed by atoms with E-state index in [0.29, 0.717) is 6.04 Å². The molecule has 1 N–H and O–H groups in total. The van der Waals surface area contributed by atoms with E-state index in [2.05, 4.69) is 27.4 Å². The second kappa shape index (κ2) is 5.21. The third-order valence-electron chi connectivity index (χ3n) is 4.09. The molecule has 3 heteroatoms. The first kappa shape index (κ1) is 11.3. The first-order chi connectivity index (χ1) is 8.42. The summed E-state index contributed by atoms with van der Waals surface area (Å²) in [4.78, 5) is 0. The van der Waals surface area contributed by atoms with E-state index < -0.39 is 0 Å². The topological polar surface area (TPSA) is 29.9 Å². The van der Waals surface area contributed by atoms with Gasteiger partial charge in [-0.2, -0.15) is 5.10 Å². The molecule has 2 fully saturated rings. The first-order valence-corrected chi connectivity index (χ1v) is 7.16. The van der Waals surface area contributed by atoms with Crippen LogP contribution in [0.4, 0.5) is 0 Å². The minimum Gasteiger partial charge on any atom is -0.311 e. The monoisotopic (exact) mass is 233 g/mol. The van der Waals surface area contributed by atoms with Crippen LogP contribution in [-0.4, -0.2) is 16.3 Å². The average molecular weight is 233 g/mol. The van der Waals surface area contributed by atoms with Crippen LogP contribution < -0.4 is 5.32 Å². The van der Waals surface area contributed by atoms with Crippen LogP contribution in [0.25, 0.3) is 0 Å². The minimum atomic E-state index is 0.676. The zero-order valence-corrected chi connectivity index (χ0v) is 10.6. The van der Waals surface area contributed by atoms with Crippen molar-refractivity contribution < 1.29 is 0 Å². The van der Waals surface area contributed by atoms with Gasteiger partial charge in [-0.3, -0.25) is 4.68 Å². The van der Waals surface area contributed by atoms with Gasteiger partial charge in [-0.1, -0.05) is 25.7 Å². The number of nitrogens with zero attached hydrogens (tertiary/aromatic N) is 2. The second-order valence-corrected chi connectivity index (χ2v) is 5.63. The molecule has 1 aromatic rings. The highest BCUT2D eigenvalue weighted by molar-refractivity contribution is 4.99. The molecule has 3 rings (SSSR count). The fourth-order valence-electron chi connectivity index (χ4n) is 2.77. The molecule has 0 unspecified atom stereocenters. The lowest BCUT2D eigenvalue weighted by molar-refractivity contribution is 0.460. The Labute approximate surface area is 104 Å². The molecule has 0 radical (unpaired) electrons. The second-order valence-electron chi connectivity index (χ2n) is 5.63. The van der Waals surface area contributed by atoms with Crippen molar-refractivity contribution in [2.75, 3.05) is 6.54 Å². The quantitative estimate of drug-likeness (QED) is 0.766. The molecule has 0 aromatic carbocycles.